The first-order valence-corrected chi connectivity index (χ1v) is 7.00. The van der Waals surface area contributed by atoms with Crippen LogP contribution in [0.25, 0.3) is 0 Å². The Morgan fingerprint density at radius 3 is 2.50 bits per heavy atom. The fourth-order valence-corrected chi connectivity index (χ4v) is 3.02. The van der Waals surface area contributed by atoms with Crippen LogP contribution < -0.4 is 0 Å². The Kier molecular flexibility index (Phi) is 4.29. The van der Waals surface area contributed by atoms with E-state index >= 15 is 0 Å². The summed E-state index contributed by atoms with van der Waals surface area (Å²) in [5.41, 5.74) is 1.22. The lowest BCUT2D eigenvalue weighted by Gasteiger charge is -2.30. The van der Waals surface area contributed by atoms with Crippen molar-refractivity contribution in [1.82, 2.24) is 0 Å². The molecule has 0 spiro atoms. The lowest BCUT2D eigenvalue weighted by molar-refractivity contribution is 0.0755. The quantitative estimate of drug-likeness (QED) is 0.830. The van der Waals surface area contributed by atoms with Gasteiger partial charge in [-0.25, -0.2) is 4.39 Å². The third-order valence-electron chi connectivity index (χ3n) is 4.10. The number of hydrogen-bond donors (Lipinski definition) is 1. The maximum absolute atomic E-state index is 13.4. The van der Waals surface area contributed by atoms with E-state index in [1.807, 2.05) is 0 Å². The molecule has 1 nitrogen and oxygen atoms in total. The summed E-state index contributed by atoms with van der Waals surface area (Å²) in [6.45, 7) is 3.95. The molecular formula is C15H20ClFO. The number of aliphatic hydroxyl groups excluding tert-OH is 1. The molecule has 1 aromatic carbocycles. The maximum atomic E-state index is 13.4. The highest BCUT2D eigenvalue weighted by Gasteiger charge is 2.27. The molecule has 1 aliphatic carbocycles. The summed E-state index contributed by atoms with van der Waals surface area (Å²) in [6.07, 6.45) is 3.78. The van der Waals surface area contributed by atoms with Crippen LogP contribution in [0.4, 0.5) is 4.39 Å². The standard InChI is InChI=1S/C15H20ClFO/c1-9-3-5-11(6-4-9)15(18)12-7-10(2)14(17)8-13(12)16/h7-9,11,15,18H,3-6H2,1-2H3. The smallest absolute Gasteiger partial charge is 0.127 e. The SMILES string of the molecule is Cc1cc(C(O)C2CCC(C)CC2)c(Cl)cc1F. The number of aliphatic hydroxyl groups is 1. The highest BCUT2D eigenvalue weighted by atomic mass is 35.5. The molecule has 0 amide bonds. The van der Waals surface area contributed by atoms with Crippen LogP contribution in [0.3, 0.4) is 0 Å². The summed E-state index contributed by atoms with van der Waals surface area (Å²) < 4.78 is 13.4. The molecule has 1 unspecified atom stereocenters. The number of benzene rings is 1. The zero-order chi connectivity index (χ0) is 13.3. The van der Waals surface area contributed by atoms with Crippen molar-refractivity contribution in [1.29, 1.82) is 0 Å². The average Bonchev–Trinajstić information content (AvgIpc) is 2.34. The molecule has 3 heteroatoms. The van der Waals surface area contributed by atoms with E-state index in [9.17, 15) is 9.50 Å². The van der Waals surface area contributed by atoms with Crippen LogP contribution in [0.2, 0.25) is 5.02 Å². The van der Waals surface area contributed by atoms with Gasteiger partial charge in [-0.3, -0.25) is 0 Å². The predicted molar refractivity (Wildman–Crippen MR) is 72.2 cm³/mol. The molecule has 1 fully saturated rings. The molecule has 1 aromatic rings. The molecule has 0 aromatic heterocycles. The third kappa shape index (κ3) is 2.86. The lowest BCUT2D eigenvalue weighted by Crippen LogP contribution is -2.19. The van der Waals surface area contributed by atoms with Gasteiger partial charge in [0.05, 0.1) is 6.10 Å². The predicted octanol–water partition coefficient (Wildman–Crippen LogP) is 4.65. The summed E-state index contributed by atoms with van der Waals surface area (Å²) in [6, 6.07) is 2.99. The summed E-state index contributed by atoms with van der Waals surface area (Å²) in [5.74, 6) is 0.690. The van der Waals surface area contributed by atoms with Gasteiger partial charge in [0.1, 0.15) is 5.82 Å². The number of halogens is 2. The second kappa shape index (κ2) is 5.58. The fraction of sp³-hybridized carbons (Fsp3) is 0.600. The molecule has 1 atom stereocenters. The molecule has 1 N–H and O–H groups in total. The summed E-state index contributed by atoms with van der Waals surface area (Å²) >= 11 is 6.04. The largest absolute Gasteiger partial charge is 0.388 e. The number of hydrogen-bond acceptors (Lipinski definition) is 1. The molecular weight excluding hydrogens is 251 g/mol. The molecule has 1 aliphatic rings. The highest BCUT2D eigenvalue weighted by Crippen LogP contribution is 2.39. The highest BCUT2D eigenvalue weighted by molar-refractivity contribution is 6.31. The molecule has 0 bridgehead atoms. The zero-order valence-electron chi connectivity index (χ0n) is 10.9. The normalized spacial score (nSPS) is 26.1. The molecule has 0 aliphatic heterocycles. The first-order chi connectivity index (χ1) is 8.49. The van der Waals surface area contributed by atoms with Crippen LogP contribution in [0.1, 0.15) is 49.8 Å². The Labute approximate surface area is 113 Å². The van der Waals surface area contributed by atoms with Crippen molar-refractivity contribution in [2.45, 2.75) is 45.6 Å². The van der Waals surface area contributed by atoms with Crippen LogP contribution in [0.15, 0.2) is 12.1 Å². The van der Waals surface area contributed by atoms with Gasteiger partial charge in [0.15, 0.2) is 0 Å². The van der Waals surface area contributed by atoms with Gasteiger partial charge in [0.2, 0.25) is 0 Å². The molecule has 0 radical (unpaired) electrons. The average molecular weight is 271 g/mol. The Balaban J connectivity index is 2.18. The topological polar surface area (TPSA) is 20.2 Å². The molecule has 2 rings (SSSR count). The summed E-state index contributed by atoms with van der Waals surface area (Å²) in [5, 5.41) is 10.8. The minimum atomic E-state index is -0.565. The molecule has 0 heterocycles. The van der Waals surface area contributed by atoms with Gasteiger partial charge in [-0.1, -0.05) is 31.4 Å². The number of rotatable bonds is 2. The number of aryl methyl sites for hydroxylation is 1. The Hall–Kier alpha value is -0.600. The Bertz CT molecular complexity index is 425. The van der Waals surface area contributed by atoms with Crippen LogP contribution >= 0.6 is 11.6 Å². The van der Waals surface area contributed by atoms with Crippen molar-refractivity contribution in [2.75, 3.05) is 0 Å². The van der Waals surface area contributed by atoms with Crippen molar-refractivity contribution >= 4 is 11.6 Å². The van der Waals surface area contributed by atoms with Gasteiger partial charge in [-0.2, -0.15) is 0 Å². The second-order valence-electron chi connectivity index (χ2n) is 5.59. The summed E-state index contributed by atoms with van der Waals surface area (Å²) in [7, 11) is 0. The van der Waals surface area contributed by atoms with E-state index in [0.717, 1.165) is 31.6 Å². The van der Waals surface area contributed by atoms with E-state index < -0.39 is 6.10 Å². The van der Waals surface area contributed by atoms with Crippen molar-refractivity contribution in [3.63, 3.8) is 0 Å². The van der Waals surface area contributed by atoms with Crippen LogP contribution in [0.5, 0.6) is 0 Å². The maximum Gasteiger partial charge on any atom is 0.127 e. The zero-order valence-corrected chi connectivity index (χ0v) is 11.7. The molecule has 100 valence electrons. The van der Waals surface area contributed by atoms with E-state index in [2.05, 4.69) is 6.92 Å². The lowest BCUT2D eigenvalue weighted by atomic mass is 9.78. The van der Waals surface area contributed by atoms with Crippen molar-refractivity contribution in [3.8, 4) is 0 Å². The van der Waals surface area contributed by atoms with Gasteiger partial charge in [-0.05, 0) is 54.9 Å². The van der Waals surface area contributed by atoms with Gasteiger partial charge < -0.3 is 5.11 Å². The van der Waals surface area contributed by atoms with Crippen molar-refractivity contribution in [2.24, 2.45) is 11.8 Å². The molecule has 18 heavy (non-hydrogen) atoms. The first-order valence-electron chi connectivity index (χ1n) is 6.62. The van der Waals surface area contributed by atoms with Crippen molar-refractivity contribution < 1.29 is 9.50 Å². The van der Waals surface area contributed by atoms with E-state index in [0.29, 0.717) is 16.1 Å². The Morgan fingerprint density at radius 1 is 1.28 bits per heavy atom. The fourth-order valence-electron chi connectivity index (χ4n) is 2.76. The van der Waals surface area contributed by atoms with Crippen molar-refractivity contribution in [3.05, 3.63) is 34.1 Å². The minimum absolute atomic E-state index is 0.253. The molecule has 1 saturated carbocycles. The Morgan fingerprint density at radius 2 is 1.89 bits per heavy atom. The van der Waals surface area contributed by atoms with Gasteiger partial charge in [0.25, 0.3) is 0 Å². The van der Waals surface area contributed by atoms with E-state index in [-0.39, 0.29) is 11.7 Å². The van der Waals surface area contributed by atoms with Crippen LogP contribution in [0, 0.1) is 24.6 Å². The van der Waals surface area contributed by atoms with E-state index in [1.54, 1.807) is 13.0 Å². The second-order valence-corrected chi connectivity index (χ2v) is 5.99. The van der Waals surface area contributed by atoms with Gasteiger partial charge in [0, 0.05) is 5.02 Å². The van der Waals surface area contributed by atoms with Crippen LogP contribution in [-0.2, 0) is 0 Å². The summed E-state index contributed by atoms with van der Waals surface area (Å²) in [4.78, 5) is 0. The van der Waals surface area contributed by atoms with Gasteiger partial charge >= 0.3 is 0 Å². The minimum Gasteiger partial charge on any atom is -0.388 e. The monoisotopic (exact) mass is 270 g/mol. The third-order valence-corrected chi connectivity index (χ3v) is 4.43. The van der Waals surface area contributed by atoms with Gasteiger partial charge in [-0.15, -0.1) is 0 Å². The van der Waals surface area contributed by atoms with Crippen LogP contribution in [-0.4, -0.2) is 5.11 Å². The van der Waals surface area contributed by atoms with E-state index in [1.165, 1.54) is 6.07 Å². The first kappa shape index (κ1) is 13.8. The van der Waals surface area contributed by atoms with E-state index in [4.69, 9.17) is 11.6 Å². The molecule has 0 saturated heterocycles.